The quantitative estimate of drug-likeness (QED) is 0.728. The minimum Gasteiger partial charge on any atom is -0.343 e. The zero-order valence-electron chi connectivity index (χ0n) is 17.0. The summed E-state index contributed by atoms with van der Waals surface area (Å²) in [6, 6.07) is 5.98. The van der Waals surface area contributed by atoms with Gasteiger partial charge in [-0.25, -0.2) is 4.39 Å². The molecule has 3 fully saturated rings. The van der Waals surface area contributed by atoms with Crippen molar-refractivity contribution in [2.75, 3.05) is 13.1 Å². The monoisotopic (exact) mass is 400 g/mol. The van der Waals surface area contributed by atoms with Crippen LogP contribution in [0.1, 0.15) is 63.9 Å². The summed E-state index contributed by atoms with van der Waals surface area (Å²) >= 11 is 0. The van der Waals surface area contributed by atoms with Crippen LogP contribution in [0.15, 0.2) is 24.3 Å². The Bertz CT molecular complexity index is 812. The van der Waals surface area contributed by atoms with Gasteiger partial charge in [-0.1, -0.05) is 38.0 Å². The number of hydrogen-bond acceptors (Lipinski definition) is 3. The number of benzene rings is 1. The molecule has 5 nitrogen and oxygen atoms in total. The molecular formula is C23H29FN2O3. The molecule has 29 heavy (non-hydrogen) atoms. The van der Waals surface area contributed by atoms with Crippen LogP contribution >= 0.6 is 0 Å². The minimum absolute atomic E-state index is 0.116. The van der Waals surface area contributed by atoms with E-state index in [0.29, 0.717) is 19.0 Å². The number of imide groups is 1. The van der Waals surface area contributed by atoms with Gasteiger partial charge in [0.1, 0.15) is 5.82 Å². The lowest BCUT2D eigenvalue weighted by molar-refractivity contribution is -0.145. The highest BCUT2D eigenvalue weighted by molar-refractivity contribution is 6.11. The molecule has 3 amide bonds. The number of carbonyl (C=O) groups excluding carboxylic acids is 3. The van der Waals surface area contributed by atoms with Gasteiger partial charge in [0.05, 0.1) is 5.41 Å². The van der Waals surface area contributed by atoms with E-state index in [0.717, 1.165) is 38.5 Å². The second-order valence-electron chi connectivity index (χ2n) is 8.99. The molecule has 0 radical (unpaired) electrons. The summed E-state index contributed by atoms with van der Waals surface area (Å²) in [6.45, 7) is 3.48. The standard InChI is InChI=1S/C23H29FN2O3/c1-16-10-12-25(13-11-16)20(27)14-23(18-8-4-5-9-19(18)24)15-21(28)26(22(23)29)17-6-2-3-7-17/h4-5,8-9,16-17H,2-3,6-7,10-15H2,1H3. The summed E-state index contributed by atoms with van der Waals surface area (Å²) in [5.41, 5.74) is -1.25. The number of rotatable bonds is 4. The van der Waals surface area contributed by atoms with Crippen LogP contribution in [0.25, 0.3) is 0 Å². The van der Waals surface area contributed by atoms with Crippen molar-refractivity contribution in [2.45, 2.75) is 69.7 Å². The Kier molecular flexibility index (Phi) is 5.45. The van der Waals surface area contributed by atoms with Crippen molar-refractivity contribution in [1.29, 1.82) is 0 Å². The van der Waals surface area contributed by atoms with Crippen molar-refractivity contribution in [3.63, 3.8) is 0 Å². The van der Waals surface area contributed by atoms with Crippen LogP contribution < -0.4 is 0 Å². The second kappa shape index (κ2) is 7.88. The summed E-state index contributed by atoms with van der Waals surface area (Å²) < 4.78 is 14.8. The lowest BCUT2D eigenvalue weighted by Crippen LogP contribution is -2.47. The Balaban J connectivity index is 1.67. The average molecular weight is 400 g/mol. The minimum atomic E-state index is -1.43. The van der Waals surface area contributed by atoms with Gasteiger partial charge in [0.2, 0.25) is 17.7 Å². The van der Waals surface area contributed by atoms with Gasteiger partial charge in [-0.3, -0.25) is 19.3 Å². The maximum absolute atomic E-state index is 14.8. The van der Waals surface area contributed by atoms with Crippen LogP contribution in [0.2, 0.25) is 0 Å². The molecule has 1 aliphatic carbocycles. The lowest BCUT2D eigenvalue weighted by Gasteiger charge is -2.34. The fourth-order valence-electron chi connectivity index (χ4n) is 5.22. The van der Waals surface area contributed by atoms with Gasteiger partial charge in [-0.2, -0.15) is 0 Å². The Morgan fingerprint density at radius 1 is 1.10 bits per heavy atom. The molecule has 0 bridgehead atoms. The van der Waals surface area contributed by atoms with Crippen molar-refractivity contribution in [2.24, 2.45) is 5.92 Å². The third-order valence-electron chi connectivity index (χ3n) is 7.02. The molecule has 2 heterocycles. The van der Waals surface area contributed by atoms with Gasteiger partial charge in [-0.05, 0) is 37.7 Å². The van der Waals surface area contributed by atoms with Crippen LogP contribution in [-0.2, 0) is 19.8 Å². The summed E-state index contributed by atoms with van der Waals surface area (Å²) in [5, 5.41) is 0. The van der Waals surface area contributed by atoms with Crippen LogP contribution in [0.3, 0.4) is 0 Å². The number of hydrogen-bond donors (Lipinski definition) is 0. The maximum atomic E-state index is 14.8. The molecule has 1 atom stereocenters. The molecule has 2 aliphatic heterocycles. The van der Waals surface area contributed by atoms with E-state index in [2.05, 4.69) is 6.92 Å². The zero-order chi connectivity index (χ0) is 20.6. The molecular weight excluding hydrogens is 371 g/mol. The number of likely N-dealkylation sites (tertiary alicyclic amines) is 2. The fraction of sp³-hybridized carbons (Fsp3) is 0.609. The summed E-state index contributed by atoms with van der Waals surface area (Å²) in [4.78, 5) is 42.8. The number of carbonyl (C=O) groups is 3. The van der Waals surface area contributed by atoms with E-state index >= 15 is 0 Å². The number of amides is 3. The molecule has 156 valence electrons. The predicted molar refractivity (Wildman–Crippen MR) is 106 cm³/mol. The molecule has 0 spiro atoms. The second-order valence-corrected chi connectivity index (χ2v) is 8.99. The number of halogens is 1. The van der Waals surface area contributed by atoms with E-state index in [1.54, 1.807) is 23.1 Å². The highest BCUT2D eigenvalue weighted by Crippen LogP contribution is 2.44. The van der Waals surface area contributed by atoms with Gasteiger partial charge in [0.25, 0.3) is 0 Å². The Labute approximate surface area is 171 Å². The zero-order valence-corrected chi connectivity index (χ0v) is 17.0. The predicted octanol–water partition coefficient (Wildman–Crippen LogP) is 3.41. The first-order chi connectivity index (χ1) is 13.9. The van der Waals surface area contributed by atoms with E-state index in [4.69, 9.17) is 0 Å². The molecule has 0 N–H and O–H groups in total. The largest absolute Gasteiger partial charge is 0.343 e. The summed E-state index contributed by atoms with van der Waals surface area (Å²) in [7, 11) is 0. The third kappa shape index (κ3) is 3.58. The van der Waals surface area contributed by atoms with E-state index in [1.807, 2.05) is 0 Å². The highest BCUT2D eigenvalue weighted by Gasteiger charge is 2.56. The van der Waals surface area contributed by atoms with Crippen molar-refractivity contribution in [1.82, 2.24) is 9.80 Å². The smallest absolute Gasteiger partial charge is 0.241 e. The molecule has 6 heteroatoms. The topological polar surface area (TPSA) is 57.7 Å². The number of nitrogens with zero attached hydrogens (tertiary/aromatic N) is 2. The van der Waals surface area contributed by atoms with Gasteiger partial charge in [-0.15, -0.1) is 0 Å². The third-order valence-corrected chi connectivity index (χ3v) is 7.02. The van der Waals surface area contributed by atoms with Gasteiger partial charge in [0.15, 0.2) is 0 Å². The average Bonchev–Trinajstić information content (AvgIpc) is 3.30. The van der Waals surface area contributed by atoms with Crippen molar-refractivity contribution < 1.29 is 18.8 Å². The first-order valence-electron chi connectivity index (χ1n) is 10.8. The Morgan fingerprint density at radius 2 is 1.76 bits per heavy atom. The summed E-state index contributed by atoms with van der Waals surface area (Å²) in [6.07, 6.45) is 5.15. The van der Waals surface area contributed by atoms with Crippen molar-refractivity contribution in [3.8, 4) is 0 Å². The molecule has 1 saturated carbocycles. The highest BCUT2D eigenvalue weighted by atomic mass is 19.1. The maximum Gasteiger partial charge on any atom is 0.241 e. The van der Waals surface area contributed by atoms with Gasteiger partial charge in [0, 0.05) is 37.5 Å². The SMILES string of the molecule is CC1CCN(C(=O)CC2(c3ccccc3F)CC(=O)N(C3CCCC3)C2=O)CC1. The molecule has 2 saturated heterocycles. The normalized spacial score (nSPS) is 26.6. The number of piperidine rings is 1. The van der Waals surface area contributed by atoms with E-state index in [1.165, 1.54) is 11.0 Å². The van der Waals surface area contributed by atoms with Crippen LogP contribution in [-0.4, -0.2) is 46.7 Å². The molecule has 1 unspecified atom stereocenters. The van der Waals surface area contributed by atoms with Gasteiger partial charge < -0.3 is 4.90 Å². The van der Waals surface area contributed by atoms with E-state index in [9.17, 15) is 18.8 Å². The molecule has 1 aromatic carbocycles. The molecule has 4 rings (SSSR count). The van der Waals surface area contributed by atoms with Crippen molar-refractivity contribution >= 4 is 17.7 Å². The van der Waals surface area contributed by atoms with Crippen LogP contribution in [0.5, 0.6) is 0 Å². The first-order valence-corrected chi connectivity index (χ1v) is 10.8. The Morgan fingerprint density at radius 3 is 2.41 bits per heavy atom. The van der Waals surface area contributed by atoms with Crippen molar-refractivity contribution in [3.05, 3.63) is 35.6 Å². The molecule has 3 aliphatic rings. The Hall–Kier alpha value is -2.24. The van der Waals surface area contributed by atoms with E-state index in [-0.39, 0.29) is 36.3 Å². The summed E-state index contributed by atoms with van der Waals surface area (Å²) in [5.74, 6) is -0.771. The molecule has 0 aromatic heterocycles. The molecule has 1 aromatic rings. The van der Waals surface area contributed by atoms with Crippen LogP contribution in [0.4, 0.5) is 4.39 Å². The first kappa shape index (κ1) is 20.0. The van der Waals surface area contributed by atoms with Gasteiger partial charge >= 0.3 is 0 Å². The fourth-order valence-corrected chi connectivity index (χ4v) is 5.22. The lowest BCUT2D eigenvalue weighted by atomic mass is 9.75. The van der Waals surface area contributed by atoms with Crippen LogP contribution in [0, 0.1) is 11.7 Å². The van der Waals surface area contributed by atoms with E-state index < -0.39 is 17.1 Å².